The average Bonchev–Trinajstić information content (AvgIpc) is 3.20. The van der Waals surface area contributed by atoms with Crippen LogP contribution in [0.5, 0.6) is 11.5 Å². The zero-order chi connectivity index (χ0) is 17.8. The Balaban J connectivity index is 1.41. The van der Waals surface area contributed by atoms with Crippen molar-refractivity contribution in [3.05, 3.63) is 96.1 Å². The molecule has 0 bridgehead atoms. The van der Waals surface area contributed by atoms with Gasteiger partial charge in [0.2, 0.25) is 0 Å². The molecule has 3 nitrogen and oxygen atoms in total. The largest absolute Gasteiger partial charge is 0.457 e. The Bertz CT molecular complexity index is 860. The van der Waals surface area contributed by atoms with Gasteiger partial charge in [0.15, 0.2) is 0 Å². The number of hydrogen-bond donors (Lipinski definition) is 0. The van der Waals surface area contributed by atoms with Crippen LogP contribution in [0.15, 0.2) is 84.9 Å². The maximum absolute atomic E-state index is 12.8. The van der Waals surface area contributed by atoms with Gasteiger partial charge in [-0.1, -0.05) is 48.5 Å². The van der Waals surface area contributed by atoms with Crippen LogP contribution in [0, 0.1) is 0 Å². The molecule has 0 radical (unpaired) electrons. The van der Waals surface area contributed by atoms with Crippen LogP contribution in [0.2, 0.25) is 0 Å². The van der Waals surface area contributed by atoms with Crippen molar-refractivity contribution in [3.63, 3.8) is 0 Å². The molecular weight excluding hydrogens is 322 g/mol. The smallest absolute Gasteiger partial charge is 0.253 e. The van der Waals surface area contributed by atoms with Crippen LogP contribution in [0.3, 0.4) is 0 Å². The highest BCUT2D eigenvalue weighted by molar-refractivity contribution is 5.94. The molecule has 0 spiro atoms. The van der Waals surface area contributed by atoms with Crippen molar-refractivity contribution < 1.29 is 9.53 Å². The van der Waals surface area contributed by atoms with Gasteiger partial charge >= 0.3 is 0 Å². The molecule has 26 heavy (non-hydrogen) atoms. The number of para-hydroxylation sites is 1. The van der Waals surface area contributed by atoms with Crippen molar-refractivity contribution in [3.8, 4) is 11.5 Å². The lowest BCUT2D eigenvalue weighted by atomic mass is 9.99. The van der Waals surface area contributed by atoms with Gasteiger partial charge in [-0.25, -0.2) is 0 Å². The van der Waals surface area contributed by atoms with Crippen molar-refractivity contribution >= 4 is 5.91 Å². The summed E-state index contributed by atoms with van der Waals surface area (Å²) >= 11 is 0. The van der Waals surface area contributed by atoms with Crippen molar-refractivity contribution in [2.24, 2.45) is 0 Å². The van der Waals surface area contributed by atoms with E-state index in [2.05, 4.69) is 24.3 Å². The minimum atomic E-state index is 0.0923. The molecule has 0 N–H and O–H groups in total. The first kappa shape index (κ1) is 16.4. The summed E-state index contributed by atoms with van der Waals surface area (Å²) in [4.78, 5) is 14.7. The minimum absolute atomic E-state index is 0.0923. The Kier molecular flexibility index (Phi) is 4.69. The summed E-state index contributed by atoms with van der Waals surface area (Å²) in [6.45, 7) is 1.59. The zero-order valence-corrected chi connectivity index (χ0v) is 14.5. The average molecular weight is 343 g/mol. The van der Waals surface area contributed by atoms with E-state index in [0.29, 0.717) is 11.5 Å². The number of rotatable bonds is 4. The molecule has 0 aromatic heterocycles. The molecule has 130 valence electrons. The number of benzene rings is 3. The monoisotopic (exact) mass is 343 g/mol. The first-order valence-corrected chi connectivity index (χ1v) is 8.97. The highest BCUT2D eigenvalue weighted by Crippen LogP contribution is 2.28. The summed E-state index contributed by atoms with van der Waals surface area (Å²) < 4.78 is 5.79. The third-order valence-electron chi connectivity index (χ3n) is 4.83. The van der Waals surface area contributed by atoms with E-state index in [0.717, 1.165) is 31.0 Å². The number of amides is 1. The molecule has 3 aromatic carbocycles. The van der Waals surface area contributed by atoms with Gasteiger partial charge in [-0.15, -0.1) is 0 Å². The quantitative estimate of drug-likeness (QED) is 0.659. The molecule has 3 aromatic rings. The highest BCUT2D eigenvalue weighted by Gasteiger charge is 2.27. The number of carbonyl (C=O) groups excluding carboxylic acids is 1. The summed E-state index contributed by atoms with van der Waals surface area (Å²) in [5, 5.41) is 0. The van der Waals surface area contributed by atoms with E-state index in [1.165, 1.54) is 5.56 Å². The fourth-order valence-corrected chi connectivity index (χ4v) is 3.41. The van der Waals surface area contributed by atoms with E-state index < -0.39 is 0 Å². The van der Waals surface area contributed by atoms with Crippen LogP contribution in [-0.2, 0) is 0 Å². The Morgan fingerprint density at radius 3 is 2.12 bits per heavy atom. The van der Waals surface area contributed by atoms with Crippen molar-refractivity contribution in [2.45, 2.75) is 12.3 Å². The first-order valence-electron chi connectivity index (χ1n) is 8.97. The lowest BCUT2D eigenvalue weighted by Crippen LogP contribution is -2.28. The van der Waals surface area contributed by atoms with Crippen molar-refractivity contribution in [2.75, 3.05) is 13.1 Å². The fourth-order valence-electron chi connectivity index (χ4n) is 3.41. The minimum Gasteiger partial charge on any atom is -0.457 e. The second-order valence-corrected chi connectivity index (χ2v) is 6.59. The van der Waals surface area contributed by atoms with Crippen molar-refractivity contribution in [1.29, 1.82) is 0 Å². The van der Waals surface area contributed by atoms with Gasteiger partial charge in [0.25, 0.3) is 5.91 Å². The number of likely N-dealkylation sites (tertiary alicyclic amines) is 1. The molecule has 1 heterocycles. The molecule has 1 unspecified atom stereocenters. The fraction of sp³-hybridized carbons (Fsp3) is 0.174. The van der Waals surface area contributed by atoms with Gasteiger partial charge in [0.05, 0.1) is 0 Å². The SMILES string of the molecule is O=C(c1ccc(Oc2ccccc2)cc1)N1CCC(c2ccccc2)C1. The number of hydrogen-bond acceptors (Lipinski definition) is 2. The lowest BCUT2D eigenvalue weighted by Gasteiger charge is -2.17. The van der Waals surface area contributed by atoms with Gasteiger partial charge in [-0.05, 0) is 48.4 Å². The third-order valence-corrected chi connectivity index (χ3v) is 4.83. The van der Waals surface area contributed by atoms with Crippen LogP contribution >= 0.6 is 0 Å². The number of carbonyl (C=O) groups is 1. The topological polar surface area (TPSA) is 29.5 Å². The Hall–Kier alpha value is -3.07. The molecule has 3 heteroatoms. The maximum Gasteiger partial charge on any atom is 0.253 e. The van der Waals surface area contributed by atoms with E-state index in [-0.39, 0.29) is 5.91 Å². The van der Waals surface area contributed by atoms with Gasteiger partial charge < -0.3 is 9.64 Å². The van der Waals surface area contributed by atoms with Gasteiger partial charge in [0, 0.05) is 24.6 Å². The standard InChI is InChI=1S/C23H21NO2/c25-23(24-16-15-20(17-24)18-7-3-1-4-8-18)19-11-13-22(14-12-19)26-21-9-5-2-6-10-21/h1-14,20H,15-17H2. The molecule has 1 atom stereocenters. The zero-order valence-electron chi connectivity index (χ0n) is 14.5. The van der Waals surface area contributed by atoms with E-state index in [4.69, 9.17) is 4.74 Å². The summed E-state index contributed by atoms with van der Waals surface area (Å²) in [7, 11) is 0. The van der Waals surface area contributed by atoms with Crippen LogP contribution < -0.4 is 4.74 Å². The second-order valence-electron chi connectivity index (χ2n) is 6.59. The van der Waals surface area contributed by atoms with Crippen LogP contribution in [0.25, 0.3) is 0 Å². The number of ether oxygens (including phenoxy) is 1. The Morgan fingerprint density at radius 1 is 0.808 bits per heavy atom. The molecule has 1 aliphatic rings. The van der Waals surface area contributed by atoms with Gasteiger partial charge in [-0.3, -0.25) is 4.79 Å². The van der Waals surface area contributed by atoms with E-state index in [1.807, 2.05) is 65.6 Å². The molecule has 1 saturated heterocycles. The normalized spacial score (nSPS) is 16.5. The first-order chi connectivity index (χ1) is 12.8. The predicted molar refractivity (Wildman–Crippen MR) is 103 cm³/mol. The lowest BCUT2D eigenvalue weighted by molar-refractivity contribution is 0.0791. The highest BCUT2D eigenvalue weighted by atomic mass is 16.5. The Morgan fingerprint density at radius 2 is 1.42 bits per heavy atom. The summed E-state index contributed by atoms with van der Waals surface area (Å²) in [5.41, 5.74) is 2.02. The van der Waals surface area contributed by atoms with Crippen LogP contribution in [0.4, 0.5) is 0 Å². The van der Waals surface area contributed by atoms with Crippen molar-refractivity contribution in [1.82, 2.24) is 4.90 Å². The van der Waals surface area contributed by atoms with E-state index in [9.17, 15) is 4.79 Å². The van der Waals surface area contributed by atoms with Gasteiger partial charge in [0.1, 0.15) is 11.5 Å². The third kappa shape index (κ3) is 3.62. The maximum atomic E-state index is 12.8. The summed E-state index contributed by atoms with van der Waals surface area (Å²) in [6.07, 6.45) is 1.02. The molecule has 4 rings (SSSR count). The van der Waals surface area contributed by atoms with E-state index >= 15 is 0 Å². The molecular formula is C23H21NO2. The van der Waals surface area contributed by atoms with Crippen LogP contribution in [-0.4, -0.2) is 23.9 Å². The van der Waals surface area contributed by atoms with Gasteiger partial charge in [-0.2, -0.15) is 0 Å². The Labute approximate surface area is 153 Å². The second kappa shape index (κ2) is 7.44. The molecule has 1 amide bonds. The molecule has 1 fully saturated rings. The summed E-state index contributed by atoms with van der Waals surface area (Å²) in [6, 6.07) is 27.5. The number of nitrogens with zero attached hydrogens (tertiary/aromatic N) is 1. The predicted octanol–water partition coefficient (Wildman–Crippen LogP) is 5.11. The molecule has 1 aliphatic heterocycles. The van der Waals surface area contributed by atoms with Crippen LogP contribution in [0.1, 0.15) is 28.3 Å². The molecule has 0 aliphatic carbocycles. The molecule has 0 saturated carbocycles. The van der Waals surface area contributed by atoms with E-state index in [1.54, 1.807) is 0 Å². The summed E-state index contributed by atoms with van der Waals surface area (Å²) in [5.74, 6) is 2.05.